The predicted octanol–water partition coefficient (Wildman–Crippen LogP) is 6.04. The monoisotopic (exact) mass is 496 g/mol. The Balaban J connectivity index is 1.07. The molecule has 0 N–H and O–H groups in total. The number of anilines is 1. The smallest absolute Gasteiger partial charge is 0.368 e. The van der Waals surface area contributed by atoms with Crippen LogP contribution in [-0.4, -0.2) is 67.1 Å². The zero-order chi connectivity index (χ0) is 25.0. The van der Waals surface area contributed by atoms with Gasteiger partial charge in [0.1, 0.15) is 5.69 Å². The number of pyridine rings is 1. The lowest BCUT2D eigenvalue weighted by molar-refractivity contribution is -0.140. The van der Waals surface area contributed by atoms with Crippen LogP contribution < -0.4 is 4.90 Å². The van der Waals surface area contributed by atoms with Crippen molar-refractivity contribution in [3.8, 4) is 0 Å². The fraction of sp³-hybridized carbons (Fsp3) is 0.483. The Bertz CT molecular complexity index is 1120. The molecule has 7 heteroatoms. The van der Waals surface area contributed by atoms with Gasteiger partial charge < -0.3 is 9.80 Å². The summed E-state index contributed by atoms with van der Waals surface area (Å²) in [4.78, 5) is 11.0. The third kappa shape index (κ3) is 6.01. The van der Waals surface area contributed by atoms with Crippen LogP contribution in [0.15, 0.2) is 60.7 Å². The number of likely N-dealkylation sites (tertiary alicyclic amines) is 1. The Morgan fingerprint density at radius 2 is 1.36 bits per heavy atom. The number of para-hydroxylation sites is 1. The Hall–Kier alpha value is -2.64. The Morgan fingerprint density at radius 1 is 0.750 bits per heavy atom. The SMILES string of the molecule is FC(F)(F)c1cc(N2CCN(CCCCN3CCC(c4ccccc4)CC3)CC2)c2ccccc2n1. The molecule has 0 amide bonds. The molecule has 1 aromatic heterocycles. The lowest BCUT2D eigenvalue weighted by Gasteiger charge is -2.37. The van der Waals surface area contributed by atoms with Crippen LogP contribution in [0.3, 0.4) is 0 Å². The predicted molar refractivity (Wildman–Crippen MR) is 139 cm³/mol. The molecule has 2 fully saturated rings. The molecule has 0 spiro atoms. The summed E-state index contributed by atoms with van der Waals surface area (Å²) >= 11 is 0. The Morgan fingerprint density at radius 3 is 2.03 bits per heavy atom. The van der Waals surface area contributed by atoms with Crippen LogP contribution >= 0.6 is 0 Å². The summed E-state index contributed by atoms with van der Waals surface area (Å²) in [5.41, 5.74) is 1.71. The molecule has 0 bridgehead atoms. The van der Waals surface area contributed by atoms with E-state index in [4.69, 9.17) is 0 Å². The second kappa shape index (κ2) is 11.2. The van der Waals surface area contributed by atoms with Crippen molar-refractivity contribution >= 4 is 16.6 Å². The first kappa shape index (κ1) is 25.0. The second-order valence-electron chi connectivity index (χ2n) is 10.1. The van der Waals surface area contributed by atoms with Gasteiger partial charge in [-0.3, -0.25) is 4.90 Å². The highest BCUT2D eigenvalue weighted by molar-refractivity contribution is 5.92. The maximum Gasteiger partial charge on any atom is 0.433 e. The third-order valence-electron chi connectivity index (χ3n) is 7.75. The van der Waals surface area contributed by atoms with Crippen LogP contribution in [0.2, 0.25) is 0 Å². The molecule has 4 nitrogen and oxygen atoms in total. The average Bonchev–Trinajstić information content (AvgIpc) is 2.91. The van der Waals surface area contributed by atoms with Crippen molar-refractivity contribution < 1.29 is 13.2 Å². The molecule has 192 valence electrons. The number of aromatic nitrogens is 1. The van der Waals surface area contributed by atoms with Gasteiger partial charge in [-0.2, -0.15) is 13.2 Å². The maximum atomic E-state index is 13.4. The number of piperazine rings is 1. The lowest BCUT2D eigenvalue weighted by atomic mass is 9.89. The lowest BCUT2D eigenvalue weighted by Crippen LogP contribution is -2.46. The summed E-state index contributed by atoms with van der Waals surface area (Å²) in [6.45, 7) is 7.79. The van der Waals surface area contributed by atoms with Crippen molar-refractivity contribution in [3.63, 3.8) is 0 Å². The van der Waals surface area contributed by atoms with Crippen LogP contribution in [0.25, 0.3) is 10.9 Å². The van der Waals surface area contributed by atoms with Gasteiger partial charge in [0, 0.05) is 37.3 Å². The molecule has 0 atom stereocenters. The number of nitrogens with zero attached hydrogens (tertiary/aromatic N) is 4. The number of hydrogen-bond acceptors (Lipinski definition) is 4. The van der Waals surface area contributed by atoms with Crippen molar-refractivity contribution in [2.45, 2.75) is 37.8 Å². The van der Waals surface area contributed by atoms with Crippen LogP contribution in [-0.2, 0) is 6.18 Å². The maximum absolute atomic E-state index is 13.4. The van der Waals surface area contributed by atoms with Crippen molar-refractivity contribution in [1.29, 1.82) is 0 Å². The van der Waals surface area contributed by atoms with Crippen molar-refractivity contribution in [3.05, 3.63) is 71.9 Å². The minimum absolute atomic E-state index is 0.401. The highest BCUT2D eigenvalue weighted by Crippen LogP contribution is 2.35. The van der Waals surface area contributed by atoms with Gasteiger partial charge in [0.15, 0.2) is 0 Å². The van der Waals surface area contributed by atoms with E-state index in [2.05, 4.69) is 50.0 Å². The Kier molecular flexibility index (Phi) is 7.77. The standard InChI is InChI=1S/C29H35F3N4/c30-29(31,32)28-22-27(25-10-4-5-11-26(25)33-28)36-20-18-35(19-21-36)15-7-6-14-34-16-12-24(13-17-34)23-8-2-1-3-9-23/h1-5,8-11,22,24H,6-7,12-21H2. The molecular formula is C29H35F3N4. The van der Waals surface area contributed by atoms with E-state index in [9.17, 15) is 13.2 Å². The summed E-state index contributed by atoms with van der Waals surface area (Å²) in [5, 5.41) is 0.787. The third-order valence-corrected chi connectivity index (χ3v) is 7.75. The van der Waals surface area contributed by atoms with Gasteiger partial charge in [0.25, 0.3) is 0 Å². The number of halogens is 3. The summed E-state index contributed by atoms with van der Waals surface area (Å²) in [5.74, 6) is 0.698. The summed E-state index contributed by atoms with van der Waals surface area (Å²) < 4.78 is 40.3. The van der Waals surface area contributed by atoms with E-state index in [0.717, 1.165) is 51.1 Å². The molecule has 0 unspecified atom stereocenters. The average molecular weight is 497 g/mol. The highest BCUT2D eigenvalue weighted by Gasteiger charge is 2.34. The van der Waals surface area contributed by atoms with Gasteiger partial charge in [-0.05, 0) is 75.5 Å². The minimum Gasteiger partial charge on any atom is -0.368 e. The number of piperidine rings is 1. The van der Waals surface area contributed by atoms with E-state index in [-0.39, 0.29) is 0 Å². The second-order valence-corrected chi connectivity index (χ2v) is 10.1. The van der Waals surface area contributed by atoms with Crippen molar-refractivity contribution in [2.75, 3.05) is 57.3 Å². The summed E-state index contributed by atoms with van der Waals surface area (Å²) in [6.07, 6.45) is 0.393. The van der Waals surface area contributed by atoms with Gasteiger partial charge in [-0.25, -0.2) is 4.98 Å². The van der Waals surface area contributed by atoms with E-state index < -0.39 is 11.9 Å². The number of rotatable bonds is 7. The molecule has 0 aliphatic carbocycles. The molecule has 2 aromatic carbocycles. The van der Waals surface area contributed by atoms with Gasteiger partial charge in [-0.15, -0.1) is 0 Å². The van der Waals surface area contributed by atoms with E-state index in [0.29, 0.717) is 17.1 Å². The van der Waals surface area contributed by atoms with E-state index in [1.165, 1.54) is 44.0 Å². The number of hydrogen-bond donors (Lipinski definition) is 0. The normalized spacial score (nSPS) is 18.7. The number of fused-ring (bicyclic) bond motifs is 1. The molecular weight excluding hydrogens is 461 g/mol. The van der Waals surface area contributed by atoms with Crippen LogP contribution in [0.5, 0.6) is 0 Å². The minimum atomic E-state index is -4.45. The quantitative estimate of drug-likeness (QED) is 0.372. The molecule has 0 radical (unpaired) electrons. The molecule has 2 saturated heterocycles. The number of unbranched alkanes of at least 4 members (excludes halogenated alkanes) is 1. The number of alkyl halides is 3. The zero-order valence-electron chi connectivity index (χ0n) is 20.8. The summed E-state index contributed by atoms with van der Waals surface area (Å²) in [7, 11) is 0. The molecule has 3 aromatic rings. The molecule has 5 rings (SSSR count). The molecule has 2 aliphatic rings. The van der Waals surface area contributed by atoms with E-state index in [1.807, 2.05) is 12.1 Å². The van der Waals surface area contributed by atoms with Gasteiger partial charge in [0.2, 0.25) is 0 Å². The Labute approximate surface area is 211 Å². The first-order chi connectivity index (χ1) is 17.5. The number of benzene rings is 2. The first-order valence-electron chi connectivity index (χ1n) is 13.2. The molecule has 3 heterocycles. The van der Waals surface area contributed by atoms with E-state index >= 15 is 0 Å². The first-order valence-corrected chi connectivity index (χ1v) is 13.2. The zero-order valence-corrected chi connectivity index (χ0v) is 20.8. The van der Waals surface area contributed by atoms with Gasteiger partial charge >= 0.3 is 6.18 Å². The largest absolute Gasteiger partial charge is 0.433 e. The van der Waals surface area contributed by atoms with Crippen LogP contribution in [0.4, 0.5) is 18.9 Å². The fourth-order valence-corrected chi connectivity index (χ4v) is 5.66. The fourth-order valence-electron chi connectivity index (χ4n) is 5.66. The topological polar surface area (TPSA) is 22.6 Å². The van der Waals surface area contributed by atoms with Crippen LogP contribution in [0.1, 0.15) is 42.9 Å². The van der Waals surface area contributed by atoms with E-state index in [1.54, 1.807) is 12.1 Å². The molecule has 36 heavy (non-hydrogen) atoms. The van der Waals surface area contributed by atoms with Crippen molar-refractivity contribution in [1.82, 2.24) is 14.8 Å². The molecule has 0 saturated carbocycles. The van der Waals surface area contributed by atoms with Gasteiger partial charge in [0.05, 0.1) is 5.52 Å². The highest BCUT2D eigenvalue weighted by atomic mass is 19.4. The van der Waals surface area contributed by atoms with Crippen molar-refractivity contribution in [2.24, 2.45) is 0 Å². The molecule has 2 aliphatic heterocycles. The van der Waals surface area contributed by atoms with Gasteiger partial charge in [-0.1, -0.05) is 48.5 Å². The van der Waals surface area contributed by atoms with Crippen LogP contribution in [0, 0.1) is 0 Å². The summed E-state index contributed by atoms with van der Waals surface area (Å²) in [6, 6.07) is 19.2.